The quantitative estimate of drug-likeness (QED) is 0.785. The number of halogens is 3. The molecule has 0 aliphatic carbocycles. The monoisotopic (exact) mass is 344 g/mol. The molecular weight excluding hydrogens is 325 g/mol. The Bertz CT molecular complexity index is 563. The molecule has 0 bridgehead atoms. The van der Waals surface area contributed by atoms with E-state index in [0.717, 1.165) is 12.1 Å². The lowest BCUT2D eigenvalue weighted by molar-refractivity contribution is -0.137. The first-order valence-corrected chi connectivity index (χ1v) is 10.4. The molecule has 8 heteroatoms. The van der Waals surface area contributed by atoms with E-state index in [1.807, 2.05) is 0 Å². The van der Waals surface area contributed by atoms with Crippen molar-refractivity contribution < 1.29 is 25.2 Å². The molecule has 0 aromatic heterocycles. The Kier molecular flexibility index (Phi) is 5.74. The molecule has 0 fully saturated rings. The first-order valence-electron chi connectivity index (χ1n) is 6.26. The first kappa shape index (κ1) is 18.3. The van der Waals surface area contributed by atoms with Gasteiger partial charge in [-0.15, -0.1) is 10.3 Å². The molecule has 0 unspecified atom stereocenters. The summed E-state index contributed by atoms with van der Waals surface area (Å²) in [7, 11) is -5.52. The number of benzene rings is 1. The summed E-state index contributed by atoms with van der Waals surface area (Å²) in [5, 5.41) is 0. The Morgan fingerprint density at radius 3 is 2.05 bits per heavy atom. The summed E-state index contributed by atoms with van der Waals surface area (Å²) in [4.78, 5) is 0. The maximum absolute atomic E-state index is 12.5. The van der Waals surface area contributed by atoms with Crippen LogP contribution in [0.25, 0.3) is 0 Å². The van der Waals surface area contributed by atoms with Crippen LogP contribution in [-0.4, -0.2) is 26.7 Å². The molecule has 3 nitrogen and oxygen atoms in total. The SMILES string of the molecule is CCCS(=O)(=O)OS(C)(C)Cc1ccc(C(F)(F)F)cc1. The molecule has 0 heterocycles. The van der Waals surface area contributed by atoms with Gasteiger partial charge in [0.2, 0.25) is 0 Å². The molecule has 1 aromatic carbocycles. The van der Waals surface area contributed by atoms with Crippen LogP contribution in [0.1, 0.15) is 24.5 Å². The molecule has 21 heavy (non-hydrogen) atoms. The van der Waals surface area contributed by atoms with Crippen LogP contribution in [-0.2, 0) is 25.7 Å². The van der Waals surface area contributed by atoms with Crippen LogP contribution >= 0.6 is 10.3 Å². The van der Waals surface area contributed by atoms with Gasteiger partial charge in [0.05, 0.1) is 11.3 Å². The van der Waals surface area contributed by atoms with Crippen molar-refractivity contribution in [3.8, 4) is 0 Å². The van der Waals surface area contributed by atoms with E-state index in [2.05, 4.69) is 0 Å². The molecule has 0 aliphatic heterocycles. The largest absolute Gasteiger partial charge is 0.416 e. The highest BCUT2D eigenvalue weighted by atomic mass is 32.3. The summed E-state index contributed by atoms with van der Waals surface area (Å²) in [6.07, 6.45) is -0.560. The van der Waals surface area contributed by atoms with Crippen LogP contribution in [0.2, 0.25) is 0 Å². The second kappa shape index (κ2) is 6.58. The zero-order valence-electron chi connectivity index (χ0n) is 12.1. The summed E-state index contributed by atoms with van der Waals surface area (Å²) >= 11 is 0. The molecule has 0 radical (unpaired) electrons. The van der Waals surface area contributed by atoms with Gasteiger partial charge in [0.15, 0.2) is 0 Å². The topological polar surface area (TPSA) is 43.4 Å². The smallest absolute Gasteiger partial charge is 0.220 e. The molecule has 1 rings (SSSR count). The van der Waals surface area contributed by atoms with E-state index in [-0.39, 0.29) is 11.5 Å². The average Bonchev–Trinajstić information content (AvgIpc) is 2.25. The van der Waals surface area contributed by atoms with Crippen molar-refractivity contribution >= 4 is 20.4 Å². The third kappa shape index (κ3) is 6.27. The summed E-state index contributed by atoms with van der Waals surface area (Å²) in [6, 6.07) is 4.69. The van der Waals surface area contributed by atoms with Gasteiger partial charge in [-0.3, -0.25) is 0 Å². The van der Waals surface area contributed by atoms with Crippen LogP contribution in [0.15, 0.2) is 24.3 Å². The van der Waals surface area contributed by atoms with Gasteiger partial charge < -0.3 is 0 Å². The van der Waals surface area contributed by atoms with Gasteiger partial charge >= 0.3 is 6.18 Å². The molecule has 0 aliphatic rings. The number of hydrogen-bond acceptors (Lipinski definition) is 3. The highest BCUT2D eigenvalue weighted by Crippen LogP contribution is 2.46. The predicted octanol–water partition coefficient (Wildman–Crippen LogP) is 3.94. The van der Waals surface area contributed by atoms with Gasteiger partial charge in [-0.1, -0.05) is 19.1 Å². The van der Waals surface area contributed by atoms with Crippen LogP contribution in [0.5, 0.6) is 0 Å². The van der Waals surface area contributed by atoms with Crippen molar-refractivity contribution in [3.05, 3.63) is 35.4 Å². The summed E-state index contributed by atoms with van der Waals surface area (Å²) in [5.41, 5.74) is -0.103. The van der Waals surface area contributed by atoms with Crippen molar-refractivity contribution in [1.82, 2.24) is 0 Å². The molecule has 0 amide bonds. The van der Waals surface area contributed by atoms with E-state index in [0.29, 0.717) is 12.0 Å². The van der Waals surface area contributed by atoms with Crippen LogP contribution in [0.3, 0.4) is 0 Å². The lowest BCUT2D eigenvalue weighted by atomic mass is 10.1. The van der Waals surface area contributed by atoms with Crippen LogP contribution < -0.4 is 0 Å². The fourth-order valence-corrected chi connectivity index (χ4v) is 5.98. The molecule has 122 valence electrons. The second-order valence-electron chi connectivity index (χ2n) is 5.11. The Morgan fingerprint density at radius 2 is 1.62 bits per heavy atom. The fraction of sp³-hybridized carbons (Fsp3) is 0.538. The van der Waals surface area contributed by atoms with Crippen molar-refractivity contribution in [2.45, 2.75) is 25.3 Å². The van der Waals surface area contributed by atoms with Gasteiger partial charge in [-0.25, -0.2) is 3.63 Å². The van der Waals surface area contributed by atoms with E-state index in [1.54, 1.807) is 19.4 Å². The first-order chi connectivity index (χ1) is 9.45. The summed E-state index contributed by atoms with van der Waals surface area (Å²) in [6.45, 7) is 1.74. The minimum Gasteiger partial charge on any atom is -0.220 e. The lowest BCUT2D eigenvalue weighted by Gasteiger charge is -2.29. The molecule has 0 saturated heterocycles. The van der Waals surface area contributed by atoms with E-state index in [4.69, 9.17) is 3.63 Å². The van der Waals surface area contributed by atoms with Crippen molar-refractivity contribution in [1.29, 1.82) is 0 Å². The third-order valence-corrected chi connectivity index (χ3v) is 6.78. The lowest BCUT2D eigenvalue weighted by Crippen LogP contribution is -2.14. The normalized spacial score (nSPS) is 14.2. The molecule has 0 N–H and O–H groups in total. The Balaban J connectivity index is 2.80. The van der Waals surface area contributed by atoms with Gasteiger partial charge in [-0.2, -0.15) is 21.6 Å². The molecule has 1 aromatic rings. The minimum atomic E-state index is -4.37. The second-order valence-corrected chi connectivity index (χ2v) is 10.3. The molecule has 0 spiro atoms. The molecule has 0 atom stereocenters. The number of hydrogen-bond donors (Lipinski definition) is 0. The van der Waals surface area contributed by atoms with E-state index in [9.17, 15) is 21.6 Å². The van der Waals surface area contributed by atoms with Gasteiger partial charge in [0, 0.05) is 5.75 Å². The molecular formula is C13H19F3O3S2. The van der Waals surface area contributed by atoms with Crippen molar-refractivity contribution in [2.24, 2.45) is 0 Å². The van der Waals surface area contributed by atoms with Crippen LogP contribution in [0, 0.1) is 0 Å². The standard InChI is InChI=1S/C13H19F3O3S2/c1-4-9-21(17,18)19-20(2,3)10-11-5-7-12(8-6-11)13(14,15)16/h5-8H,4,9-10H2,1-3H3. The average molecular weight is 344 g/mol. The Hall–Kier alpha value is -0.730. The maximum Gasteiger partial charge on any atom is 0.416 e. The summed E-state index contributed by atoms with van der Waals surface area (Å²) in [5.74, 6) is 0.227. The van der Waals surface area contributed by atoms with E-state index in [1.165, 1.54) is 12.1 Å². The van der Waals surface area contributed by atoms with Gasteiger partial charge in [0.25, 0.3) is 10.1 Å². The predicted molar refractivity (Wildman–Crippen MR) is 79.7 cm³/mol. The zero-order valence-corrected chi connectivity index (χ0v) is 13.7. The van der Waals surface area contributed by atoms with E-state index >= 15 is 0 Å². The van der Waals surface area contributed by atoms with E-state index < -0.39 is 32.2 Å². The minimum absolute atomic E-state index is 0.0591. The Morgan fingerprint density at radius 1 is 1.10 bits per heavy atom. The molecule has 0 saturated carbocycles. The highest BCUT2D eigenvalue weighted by Gasteiger charge is 2.30. The highest BCUT2D eigenvalue weighted by molar-refractivity contribution is 8.31. The Labute approximate surface area is 125 Å². The van der Waals surface area contributed by atoms with Gasteiger partial charge in [-0.05, 0) is 36.6 Å². The summed E-state index contributed by atoms with van der Waals surface area (Å²) < 4.78 is 65.9. The maximum atomic E-state index is 12.5. The zero-order chi connectivity index (χ0) is 16.3. The van der Waals surface area contributed by atoms with Crippen LogP contribution in [0.4, 0.5) is 13.2 Å². The van der Waals surface area contributed by atoms with Crippen molar-refractivity contribution in [2.75, 3.05) is 18.3 Å². The van der Waals surface area contributed by atoms with Gasteiger partial charge in [0.1, 0.15) is 0 Å². The number of alkyl halides is 3. The fourth-order valence-electron chi connectivity index (χ4n) is 1.78. The van der Waals surface area contributed by atoms with Crippen molar-refractivity contribution in [3.63, 3.8) is 0 Å². The third-order valence-electron chi connectivity index (χ3n) is 2.54. The number of rotatable bonds is 6.